The Labute approximate surface area is 121 Å². The van der Waals surface area contributed by atoms with Crippen LogP contribution in [0.4, 0.5) is 10.1 Å². The van der Waals surface area contributed by atoms with Crippen molar-refractivity contribution in [2.45, 2.75) is 19.4 Å². The number of thioether (sulfide) groups is 1. The molecular weight excluding hydrogens is 281 g/mol. The second-order valence-corrected chi connectivity index (χ2v) is 5.36. The van der Waals surface area contributed by atoms with Crippen molar-refractivity contribution < 1.29 is 14.0 Å². The zero-order chi connectivity index (χ0) is 15.3. The second kappa shape index (κ2) is 7.25. The van der Waals surface area contributed by atoms with Crippen molar-refractivity contribution in [2.75, 3.05) is 17.3 Å². The number of hydrogen-bond acceptors (Lipinski definition) is 4. The lowest BCUT2D eigenvalue weighted by Crippen LogP contribution is -2.36. The van der Waals surface area contributed by atoms with Gasteiger partial charge in [-0.2, -0.15) is 11.8 Å². The van der Waals surface area contributed by atoms with Gasteiger partial charge in [-0.1, -0.05) is 0 Å². The largest absolute Gasteiger partial charge is 0.366 e. The van der Waals surface area contributed by atoms with E-state index in [2.05, 4.69) is 5.32 Å². The van der Waals surface area contributed by atoms with Crippen LogP contribution in [0.3, 0.4) is 0 Å². The zero-order valence-electron chi connectivity index (χ0n) is 11.4. The van der Waals surface area contributed by atoms with Crippen LogP contribution in [0.1, 0.15) is 22.3 Å². The topological polar surface area (TPSA) is 98.2 Å². The summed E-state index contributed by atoms with van der Waals surface area (Å²) in [6, 6.07) is 1.71. The number of primary amides is 1. The number of benzene rings is 1. The summed E-state index contributed by atoms with van der Waals surface area (Å²) < 4.78 is 13.7. The number of nitrogens with one attached hydrogen (secondary N) is 1. The number of nitrogens with two attached hydrogens (primary N) is 2. The van der Waals surface area contributed by atoms with Crippen molar-refractivity contribution in [3.05, 3.63) is 29.1 Å². The molecule has 0 aliphatic heterocycles. The Bertz CT molecular complexity index is 523. The van der Waals surface area contributed by atoms with Crippen molar-refractivity contribution in [2.24, 2.45) is 11.5 Å². The highest BCUT2D eigenvalue weighted by Crippen LogP contribution is 2.21. The van der Waals surface area contributed by atoms with Gasteiger partial charge in [-0.05, 0) is 37.5 Å². The normalized spacial score (nSPS) is 12.0. The fourth-order valence-corrected chi connectivity index (χ4v) is 2.04. The first-order chi connectivity index (χ1) is 9.36. The van der Waals surface area contributed by atoms with Crippen molar-refractivity contribution in [1.82, 2.24) is 0 Å². The molecule has 0 saturated heterocycles. The minimum atomic E-state index is -0.758. The number of carbonyl (C=O) groups is 2. The first-order valence-corrected chi connectivity index (χ1v) is 7.41. The molecular formula is C13H18FN3O2S. The molecule has 1 atom stereocenters. The molecule has 0 radical (unpaired) electrons. The molecule has 1 aromatic rings. The molecule has 0 aliphatic rings. The van der Waals surface area contributed by atoms with Crippen LogP contribution in [0.2, 0.25) is 0 Å². The van der Waals surface area contributed by atoms with Crippen LogP contribution in [-0.2, 0) is 4.79 Å². The maximum atomic E-state index is 13.7. The molecule has 2 amide bonds. The summed E-state index contributed by atoms with van der Waals surface area (Å²) in [5.74, 6) is -1.02. The van der Waals surface area contributed by atoms with Gasteiger partial charge in [0.25, 0.3) is 0 Å². The summed E-state index contributed by atoms with van der Waals surface area (Å²) >= 11 is 1.58. The van der Waals surface area contributed by atoms with Gasteiger partial charge in [0.05, 0.1) is 6.04 Å². The van der Waals surface area contributed by atoms with E-state index >= 15 is 0 Å². The van der Waals surface area contributed by atoms with Crippen molar-refractivity contribution in [3.63, 3.8) is 0 Å². The van der Waals surface area contributed by atoms with Gasteiger partial charge < -0.3 is 16.8 Å². The molecule has 0 bridgehead atoms. The van der Waals surface area contributed by atoms with E-state index in [1.54, 1.807) is 11.8 Å². The fourth-order valence-electron chi connectivity index (χ4n) is 1.55. The van der Waals surface area contributed by atoms with Crippen LogP contribution in [0.25, 0.3) is 0 Å². The van der Waals surface area contributed by atoms with Crippen LogP contribution in [-0.4, -0.2) is 29.9 Å². The smallest absolute Gasteiger partial charge is 0.248 e. The van der Waals surface area contributed by atoms with Gasteiger partial charge in [-0.3, -0.25) is 9.59 Å². The molecule has 5 N–H and O–H groups in total. The van der Waals surface area contributed by atoms with Gasteiger partial charge >= 0.3 is 0 Å². The number of amides is 2. The summed E-state index contributed by atoms with van der Waals surface area (Å²) in [7, 11) is 0. The molecule has 0 heterocycles. The second-order valence-electron chi connectivity index (χ2n) is 4.37. The van der Waals surface area contributed by atoms with Crippen molar-refractivity contribution in [3.8, 4) is 0 Å². The molecule has 0 spiro atoms. The van der Waals surface area contributed by atoms with E-state index in [0.717, 1.165) is 11.8 Å². The average molecular weight is 299 g/mol. The van der Waals surface area contributed by atoms with Gasteiger partial charge in [0.2, 0.25) is 11.8 Å². The van der Waals surface area contributed by atoms with E-state index in [1.807, 2.05) is 6.26 Å². The lowest BCUT2D eigenvalue weighted by atomic mass is 10.1. The Morgan fingerprint density at radius 3 is 2.65 bits per heavy atom. The summed E-state index contributed by atoms with van der Waals surface area (Å²) in [4.78, 5) is 23.0. The molecule has 110 valence electrons. The monoisotopic (exact) mass is 299 g/mol. The highest BCUT2D eigenvalue weighted by Gasteiger charge is 2.16. The predicted molar refractivity (Wildman–Crippen MR) is 79.3 cm³/mol. The standard InChI is InChI=1S/C13H18FN3O2S/c1-7-9(14)5-8(12(16)18)6-11(7)17-13(19)10(15)3-4-20-2/h5-6,10H,3-4,15H2,1-2H3,(H2,16,18)(H,17,19)/t10-/m1/s1. The van der Waals surface area contributed by atoms with Gasteiger partial charge in [-0.25, -0.2) is 4.39 Å². The van der Waals surface area contributed by atoms with Gasteiger partial charge in [0, 0.05) is 16.8 Å². The van der Waals surface area contributed by atoms with E-state index < -0.39 is 23.7 Å². The van der Waals surface area contributed by atoms with E-state index in [0.29, 0.717) is 6.42 Å². The highest BCUT2D eigenvalue weighted by molar-refractivity contribution is 7.98. The third-order valence-electron chi connectivity index (χ3n) is 2.86. The third kappa shape index (κ3) is 4.21. The van der Waals surface area contributed by atoms with Crippen LogP contribution < -0.4 is 16.8 Å². The van der Waals surface area contributed by atoms with Crippen molar-refractivity contribution in [1.29, 1.82) is 0 Å². The highest BCUT2D eigenvalue weighted by atomic mass is 32.2. The Kier molecular flexibility index (Phi) is 5.97. The Balaban J connectivity index is 2.91. The summed E-state index contributed by atoms with van der Waals surface area (Å²) in [5.41, 5.74) is 11.3. The summed E-state index contributed by atoms with van der Waals surface area (Å²) in [5, 5.41) is 2.53. The Morgan fingerprint density at radius 1 is 1.45 bits per heavy atom. The Morgan fingerprint density at radius 2 is 2.10 bits per heavy atom. The van der Waals surface area contributed by atoms with E-state index in [-0.39, 0.29) is 16.8 Å². The number of anilines is 1. The number of halogens is 1. The fraction of sp³-hybridized carbons (Fsp3) is 0.385. The van der Waals surface area contributed by atoms with Gasteiger partial charge in [0.15, 0.2) is 0 Å². The number of hydrogen-bond donors (Lipinski definition) is 3. The average Bonchev–Trinajstić information content (AvgIpc) is 2.40. The van der Waals surface area contributed by atoms with Gasteiger partial charge in [-0.15, -0.1) is 0 Å². The van der Waals surface area contributed by atoms with Crippen LogP contribution in [0.5, 0.6) is 0 Å². The predicted octanol–water partition coefficient (Wildman–Crippen LogP) is 1.25. The minimum Gasteiger partial charge on any atom is -0.366 e. The lowest BCUT2D eigenvalue weighted by Gasteiger charge is -2.14. The molecule has 0 unspecified atom stereocenters. The molecule has 0 saturated carbocycles. The molecule has 20 heavy (non-hydrogen) atoms. The van der Waals surface area contributed by atoms with E-state index in [1.165, 1.54) is 13.0 Å². The van der Waals surface area contributed by atoms with Crippen LogP contribution in [0, 0.1) is 12.7 Å². The van der Waals surface area contributed by atoms with Crippen molar-refractivity contribution >= 4 is 29.3 Å². The molecule has 1 rings (SSSR count). The lowest BCUT2D eigenvalue weighted by molar-refractivity contribution is -0.117. The van der Waals surface area contributed by atoms with Crippen LogP contribution >= 0.6 is 11.8 Å². The molecule has 0 aliphatic carbocycles. The third-order valence-corrected chi connectivity index (χ3v) is 3.50. The van der Waals surface area contributed by atoms with Gasteiger partial charge in [0.1, 0.15) is 5.82 Å². The number of rotatable bonds is 6. The zero-order valence-corrected chi connectivity index (χ0v) is 12.2. The van der Waals surface area contributed by atoms with E-state index in [4.69, 9.17) is 11.5 Å². The first-order valence-electron chi connectivity index (χ1n) is 6.02. The van der Waals surface area contributed by atoms with E-state index in [9.17, 15) is 14.0 Å². The first kappa shape index (κ1) is 16.5. The molecule has 0 aromatic heterocycles. The Hall–Kier alpha value is -1.60. The number of carbonyl (C=O) groups excluding carboxylic acids is 2. The molecule has 5 nitrogen and oxygen atoms in total. The van der Waals surface area contributed by atoms with Crippen LogP contribution in [0.15, 0.2) is 12.1 Å². The molecule has 1 aromatic carbocycles. The molecule has 7 heteroatoms. The maximum Gasteiger partial charge on any atom is 0.248 e. The SMILES string of the molecule is CSCC[C@@H](N)C(=O)Nc1cc(C(N)=O)cc(F)c1C. The summed E-state index contributed by atoms with van der Waals surface area (Å²) in [6.45, 7) is 1.50. The maximum absolute atomic E-state index is 13.7. The summed E-state index contributed by atoms with van der Waals surface area (Å²) in [6.07, 6.45) is 2.44. The molecule has 0 fully saturated rings. The quantitative estimate of drug-likeness (QED) is 0.736. The minimum absolute atomic E-state index is 0.00100.